The molecule has 0 aliphatic heterocycles. The lowest BCUT2D eigenvalue weighted by molar-refractivity contribution is 0.215. The minimum Gasteiger partial charge on any atom is -0.399 e. The smallest absolute Gasteiger partial charge is 0.195 e. The van der Waals surface area contributed by atoms with Gasteiger partial charge in [0.05, 0.1) is 6.21 Å². The molecule has 3 aromatic rings. The molecule has 3 rings (SSSR count). The van der Waals surface area contributed by atoms with E-state index in [4.69, 9.17) is 16.4 Å². The van der Waals surface area contributed by atoms with E-state index in [2.05, 4.69) is 10.1 Å². The van der Waals surface area contributed by atoms with Crippen LogP contribution < -0.4 is 0 Å². The number of hydrogen-bond donors (Lipinski definition) is 0. The highest BCUT2D eigenvalue weighted by Gasteiger charge is 2.12. The molecule has 0 fully saturated rings. The van der Waals surface area contributed by atoms with Crippen LogP contribution in [0.1, 0.15) is 11.3 Å². The SMILES string of the molecule is CON=Cc1c(SCc2ccc(Cl)cc2)nc2sccn12. The molecule has 0 saturated heterocycles. The standard InChI is InChI=1S/C14H12ClN3OS2/c1-19-16-8-12-13(17-14-18(12)6-7-20-14)21-9-10-2-4-11(15)5-3-10/h2-8H,9H2,1H3. The van der Waals surface area contributed by atoms with Crippen molar-refractivity contribution in [2.75, 3.05) is 7.11 Å². The van der Waals surface area contributed by atoms with Crippen LogP contribution in [-0.4, -0.2) is 22.7 Å². The van der Waals surface area contributed by atoms with Crippen molar-refractivity contribution in [3.8, 4) is 0 Å². The molecule has 0 amide bonds. The number of oxime groups is 1. The van der Waals surface area contributed by atoms with Gasteiger partial charge in [-0.25, -0.2) is 4.98 Å². The first-order valence-corrected chi connectivity index (χ1v) is 8.41. The highest BCUT2D eigenvalue weighted by atomic mass is 35.5. The van der Waals surface area contributed by atoms with Gasteiger partial charge in [-0.15, -0.1) is 11.3 Å². The van der Waals surface area contributed by atoms with Gasteiger partial charge in [-0.1, -0.05) is 40.7 Å². The van der Waals surface area contributed by atoms with Crippen molar-refractivity contribution < 1.29 is 4.84 Å². The molecule has 0 aliphatic rings. The Balaban J connectivity index is 1.84. The third-order valence-corrected chi connectivity index (χ3v) is 4.89. The summed E-state index contributed by atoms with van der Waals surface area (Å²) in [5.74, 6) is 0.829. The molecule has 0 aliphatic carbocycles. The first-order chi connectivity index (χ1) is 10.3. The normalized spacial score (nSPS) is 11.5. The molecular weight excluding hydrogens is 326 g/mol. The summed E-state index contributed by atoms with van der Waals surface area (Å²) in [6.45, 7) is 0. The van der Waals surface area contributed by atoms with Gasteiger partial charge in [0.15, 0.2) is 4.96 Å². The zero-order valence-electron chi connectivity index (χ0n) is 11.2. The molecule has 0 spiro atoms. The fraction of sp³-hybridized carbons (Fsp3) is 0.143. The molecule has 0 unspecified atom stereocenters. The Bertz CT molecular complexity index is 764. The third-order valence-electron chi connectivity index (χ3n) is 2.83. The number of fused-ring (bicyclic) bond motifs is 1. The summed E-state index contributed by atoms with van der Waals surface area (Å²) < 4.78 is 2.01. The van der Waals surface area contributed by atoms with E-state index in [0.29, 0.717) is 0 Å². The molecule has 2 heterocycles. The zero-order chi connectivity index (χ0) is 14.7. The molecular formula is C14H12ClN3OS2. The summed E-state index contributed by atoms with van der Waals surface area (Å²) in [5.41, 5.74) is 2.14. The van der Waals surface area contributed by atoms with E-state index in [-0.39, 0.29) is 0 Å². The van der Waals surface area contributed by atoms with Crippen LogP contribution in [0.2, 0.25) is 5.02 Å². The topological polar surface area (TPSA) is 38.9 Å². The Kier molecular flexibility index (Phi) is 4.48. The van der Waals surface area contributed by atoms with Gasteiger partial charge in [0.2, 0.25) is 0 Å². The van der Waals surface area contributed by atoms with Crippen molar-refractivity contribution in [1.29, 1.82) is 0 Å². The molecule has 0 bridgehead atoms. The monoisotopic (exact) mass is 337 g/mol. The first kappa shape index (κ1) is 14.4. The van der Waals surface area contributed by atoms with Crippen molar-refractivity contribution in [2.45, 2.75) is 10.8 Å². The maximum Gasteiger partial charge on any atom is 0.195 e. The maximum absolute atomic E-state index is 5.90. The molecule has 0 saturated carbocycles. The maximum atomic E-state index is 5.90. The highest BCUT2D eigenvalue weighted by molar-refractivity contribution is 7.98. The zero-order valence-corrected chi connectivity index (χ0v) is 13.6. The van der Waals surface area contributed by atoms with Crippen molar-refractivity contribution in [2.24, 2.45) is 5.16 Å². The van der Waals surface area contributed by atoms with Crippen LogP contribution >= 0.6 is 34.7 Å². The first-order valence-electron chi connectivity index (χ1n) is 6.17. The van der Waals surface area contributed by atoms with Crippen LogP contribution in [0.3, 0.4) is 0 Å². The fourth-order valence-corrected chi connectivity index (χ4v) is 3.69. The molecule has 0 atom stereocenters. The Morgan fingerprint density at radius 3 is 3.00 bits per heavy atom. The number of thiazole rings is 1. The van der Waals surface area contributed by atoms with E-state index in [0.717, 1.165) is 26.5 Å². The van der Waals surface area contributed by atoms with Gasteiger partial charge in [0.25, 0.3) is 0 Å². The molecule has 0 N–H and O–H groups in total. The van der Waals surface area contributed by atoms with Crippen molar-refractivity contribution >= 4 is 45.9 Å². The molecule has 108 valence electrons. The van der Waals surface area contributed by atoms with Gasteiger partial charge in [-0.3, -0.25) is 4.40 Å². The van der Waals surface area contributed by atoms with Crippen molar-refractivity contribution in [3.63, 3.8) is 0 Å². The van der Waals surface area contributed by atoms with Crippen LogP contribution in [0.5, 0.6) is 0 Å². The van der Waals surface area contributed by atoms with Crippen LogP contribution in [0.25, 0.3) is 4.96 Å². The van der Waals surface area contributed by atoms with Crippen LogP contribution in [-0.2, 0) is 10.6 Å². The number of nitrogens with zero attached hydrogens (tertiary/aromatic N) is 3. The highest BCUT2D eigenvalue weighted by Crippen LogP contribution is 2.28. The summed E-state index contributed by atoms with van der Waals surface area (Å²) >= 11 is 9.17. The number of halogens is 1. The number of benzene rings is 1. The van der Waals surface area contributed by atoms with E-state index in [1.807, 2.05) is 40.2 Å². The quantitative estimate of drug-likeness (QED) is 0.395. The second-order valence-corrected chi connectivity index (χ2v) is 6.46. The van der Waals surface area contributed by atoms with Gasteiger partial charge < -0.3 is 4.84 Å². The molecule has 1 aromatic carbocycles. The van der Waals surface area contributed by atoms with Gasteiger partial charge >= 0.3 is 0 Å². The van der Waals surface area contributed by atoms with E-state index in [1.165, 1.54) is 12.7 Å². The Labute approximate surface area is 135 Å². The predicted octanol–water partition coefficient (Wildman–Crippen LogP) is 4.32. The Hall–Kier alpha value is -1.50. The number of rotatable bonds is 5. The van der Waals surface area contributed by atoms with E-state index < -0.39 is 0 Å². The average molecular weight is 338 g/mol. The van der Waals surface area contributed by atoms with Crippen molar-refractivity contribution in [1.82, 2.24) is 9.38 Å². The average Bonchev–Trinajstić information content (AvgIpc) is 3.06. The minimum atomic E-state index is 0.749. The van der Waals surface area contributed by atoms with Gasteiger partial charge in [-0.2, -0.15) is 0 Å². The van der Waals surface area contributed by atoms with Crippen LogP contribution in [0.4, 0.5) is 0 Å². The summed E-state index contributed by atoms with van der Waals surface area (Å²) in [6.07, 6.45) is 3.67. The molecule has 4 nitrogen and oxygen atoms in total. The Morgan fingerprint density at radius 2 is 2.24 bits per heavy atom. The van der Waals surface area contributed by atoms with E-state index in [9.17, 15) is 0 Å². The van der Waals surface area contributed by atoms with Gasteiger partial charge in [0.1, 0.15) is 17.8 Å². The van der Waals surface area contributed by atoms with E-state index in [1.54, 1.807) is 29.3 Å². The summed E-state index contributed by atoms with van der Waals surface area (Å²) in [5, 5.41) is 7.55. The molecule has 21 heavy (non-hydrogen) atoms. The predicted molar refractivity (Wildman–Crippen MR) is 88.7 cm³/mol. The molecule has 0 radical (unpaired) electrons. The van der Waals surface area contributed by atoms with E-state index >= 15 is 0 Å². The van der Waals surface area contributed by atoms with Gasteiger partial charge in [-0.05, 0) is 17.7 Å². The number of aromatic nitrogens is 2. The summed E-state index contributed by atoms with van der Waals surface area (Å²) in [6, 6.07) is 7.85. The third kappa shape index (κ3) is 3.23. The lowest BCUT2D eigenvalue weighted by Crippen LogP contribution is -1.91. The number of thioether (sulfide) groups is 1. The minimum absolute atomic E-state index is 0.749. The fourth-order valence-electron chi connectivity index (χ4n) is 1.84. The van der Waals surface area contributed by atoms with Gasteiger partial charge in [0, 0.05) is 22.4 Å². The van der Waals surface area contributed by atoms with Crippen molar-refractivity contribution in [3.05, 3.63) is 52.1 Å². The van der Waals surface area contributed by atoms with Crippen LogP contribution in [0, 0.1) is 0 Å². The molecule has 7 heteroatoms. The lowest BCUT2D eigenvalue weighted by atomic mass is 10.2. The molecule has 2 aromatic heterocycles. The second-order valence-electron chi connectivity index (χ2n) is 4.19. The number of hydrogen-bond acceptors (Lipinski definition) is 5. The second kappa shape index (κ2) is 6.51. The van der Waals surface area contributed by atoms with Crippen LogP contribution in [0.15, 0.2) is 46.0 Å². The number of imidazole rings is 1. The lowest BCUT2D eigenvalue weighted by Gasteiger charge is -2.01. The largest absolute Gasteiger partial charge is 0.399 e. The summed E-state index contributed by atoms with van der Waals surface area (Å²) in [7, 11) is 1.53. The Morgan fingerprint density at radius 1 is 1.43 bits per heavy atom. The summed E-state index contributed by atoms with van der Waals surface area (Å²) in [4.78, 5) is 10.4.